The Hall–Kier alpha value is -12.8. The molecular weight excluding hydrogens is 1550 g/mol. The molecule has 6 aliphatic rings. The molecule has 0 aliphatic carbocycles. The van der Waals surface area contributed by atoms with E-state index in [9.17, 15) is 108 Å². The number of thiocarbonyl (C=S) groups is 1. The average molecular weight is 1650 g/mol. The van der Waals surface area contributed by atoms with Gasteiger partial charge in [0.25, 0.3) is 0 Å². The van der Waals surface area contributed by atoms with E-state index in [1.165, 1.54) is 42.2 Å². The van der Waals surface area contributed by atoms with Gasteiger partial charge < -0.3 is 118 Å². The molecule has 6 heterocycles. The fraction of sp³-hybridized carbons (Fsp3) is 0.468. The van der Waals surface area contributed by atoms with Gasteiger partial charge in [0.15, 0.2) is 10.7 Å². The molecule has 40 heteroatoms. The molecule has 17 N–H and O–H groups in total. The highest BCUT2D eigenvalue weighted by Gasteiger charge is 2.55. The number of aliphatic hydroxyl groups excluding tert-OH is 1. The largest absolute Gasteiger partial charge is 0.508 e. The fourth-order valence-corrected chi connectivity index (χ4v) is 15.4. The minimum absolute atomic E-state index is 0.00824. The van der Waals surface area contributed by atoms with Gasteiger partial charge in [-0.15, -0.1) is 0 Å². The number of carboxylic acids is 4. The lowest BCUT2D eigenvalue weighted by molar-refractivity contribution is -0.151. The number of aromatic carboxylic acids is 1. The number of rotatable bonds is 34. The molecule has 39 nitrogen and oxygen atoms in total. The molecule has 4 aromatic carbocycles. The molecule has 626 valence electrons. The maximum absolute atomic E-state index is 15.0. The van der Waals surface area contributed by atoms with Crippen LogP contribution >= 0.6 is 12.2 Å². The Morgan fingerprint density at radius 3 is 1.83 bits per heavy atom. The lowest BCUT2D eigenvalue weighted by Crippen LogP contribution is -2.62. The van der Waals surface area contributed by atoms with E-state index in [2.05, 4.69) is 42.4 Å². The number of carbonyl (C=O) groups excluding carboxylic acids is 11. The first-order valence-corrected chi connectivity index (χ1v) is 38.4. The number of aromatic hydroxyl groups is 3. The summed E-state index contributed by atoms with van der Waals surface area (Å²) in [4.78, 5) is 212. The minimum atomic E-state index is -1.80. The van der Waals surface area contributed by atoms with Crippen LogP contribution in [0.1, 0.15) is 166 Å². The molecule has 0 radical (unpaired) electrons. The lowest BCUT2D eigenvalue weighted by Gasteiger charge is -2.39. The van der Waals surface area contributed by atoms with Crippen LogP contribution < -0.4 is 47.7 Å². The number of carbonyl (C=O) groups is 15. The van der Waals surface area contributed by atoms with E-state index >= 15 is 4.79 Å². The number of nitrogens with one attached hydrogen (secondary N) is 7. The second kappa shape index (κ2) is 38.1. The maximum atomic E-state index is 15.0. The maximum Gasteiger partial charge on any atom is 0.340 e. The SMILES string of the molecule is C[C@H](NC(=O)[C@@H](NC(=O)[C@@H]1CCCN1C(=O)[C@H](CCC(=O)O)NC(=O)[C@@H]1CCCN1C(=O)CCCCNC(=S)Nc1ccc2c(c1)C1(OC2=O)c2ccc(O)cc2Oc2cc(O)ccc21)[C@@H](C)O)C(=O)N1CCCCC1C(=O)N1C[C@@H](O/N=C\c2ccc(O)c(C(=O)O)c2)C[C@H]1C(=O)N[C@@H](CCC(=O)O)C(=O)N[C@@H](CCC(=O)O)C(N)=O. The molecule has 1 spiro atoms. The number of nitrogens with two attached hydrogens (primary N) is 1. The monoisotopic (exact) mass is 1650 g/mol. The van der Waals surface area contributed by atoms with Crippen molar-refractivity contribution in [1.29, 1.82) is 0 Å². The van der Waals surface area contributed by atoms with Gasteiger partial charge in [-0.2, -0.15) is 0 Å². The molecule has 1 unspecified atom stereocenters. The highest BCUT2D eigenvalue weighted by Crippen LogP contribution is 2.57. The molecule has 4 aromatic rings. The number of likely N-dealkylation sites (tertiary alicyclic amines) is 4. The third kappa shape index (κ3) is 20.7. The van der Waals surface area contributed by atoms with E-state index in [-0.39, 0.29) is 103 Å². The van der Waals surface area contributed by atoms with Gasteiger partial charge >= 0.3 is 29.8 Å². The molecule has 6 aliphatic heterocycles. The fourth-order valence-electron chi connectivity index (χ4n) is 15.2. The molecule has 10 amide bonds. The van der Waals surface area contributed by atoms with Crippen molar-refractivity contribution in [2.24, 2.45) is 10.9 Å². The second-order valence-electron chi connectivity index (χ2n) is 29.2. The number of aliphatic hydroxyl groups is 1. The van der Waals surface area contributed by atoms with E-state index in [0.717, 1.165) is 40.0 Å². The number of oxime groups is 1. The predicted molar refractivity (Wildman–Crippen MR) is 409 cm³/mol. The minimum Gasteiger partial charge on any atom is -0.508 e. The molecule has 0 bridgehead atoms. The van der Waals surface area contributed by atoms with Crippen LogP contribution in [0.3, 0.4) is 0 Å². The average Bonchev–Trinajstić information content (AvgIpc) is 1.58. The van der Waals surface area contributed by atoms with Gasteiger partial charge in [0.05, 0.1) is 24.4 Å². The third-order valence-electron chi connectivity index (χ3n) is 21.1. The van der Waals surface area contributed by atoms with E-state index in [4.69, 9.17) is 32.3 Å². The lowest BCUT2D eigenvalue weighted by atomic mass is 9.77. The summed E-state index contributed by atoms with van der Waals surface area (Å²) >= 11 is 5.63. The number of phenolic OH excluding ortho intramolecular Hbond substituents is 2. The van der Waals surface area contributed by atoms with Crippen LogP contribution in [0, 0.1) is 0 Å². The van der Waals surface area contributed by atoms with Crippen molar-refractivity contribution in [1.82, 2.24) is 51.5 Å². The van der Waals surface area contributed by atoms with Gasteiger partial charge in [-0.25, -0.2) is 9.59 Å². The topological polar surface area (TPSA) is 581 Å². The summed E-state index contributed by atoms with van der Waals surface area (Å²) in [6, 6.07) is 3.75. The number of piperidine rings is 1. The molecule has 11 atom stereocenters. The van der Waals surface area contributed by atoms with Crippen LogP contribution in [-0.4, -0.2) is 260 Å². The second-order valence-corrected chi connectivity index (χ2v) is 29.6. The smallest absolute Gasteiger partial charge is 0.340 e. The molecule has 10 rings (SSSR count). The number of hydrogen-bond donors (Lipinski definition) is 16. The van der Waals surface area contributed by atoms with Crippen molar-refractivity contribution >= 4 is 118 Å². The van der Waals surface area contributed by atoms with Crippen LogP contribution in [0.25, 0.3) is 0 Å². The first kappa shape index (κ1) is 86.7. The van der Waals surface area contributed by atoms with Crippen molar-refractivity contribution in [3.8, 4) is 28.7 Å². The number of esters is 1. The quantitative estimate of drug-likeness (QED) is 0.0101. The Bertz CT molecular complexity index is 4570. The Balaban J connectivity index is 0.740. The number of aliphatic carboxylic acids is 3. The Labute approximate surface area is 672 Å². The first-order valence-electron chi connectivity index (χ1n) is 38.0. The molecular formula is C77H91N13O26S. The van der Waals surface area contributed by atoms with E-state index in [1.807, 2.05) is 0 Å². The highest BCUT2D eigenvalue weighted by atomic mass is 32.1. The van der Waals surface area contributed by atoms with Gasteiger partial charge in [0, 0.05) is 92.8 Å². The van der Waals surface area contributed by atoms with Gasteiger partial charge in [-0.3, -0.25) is 62.3 Å². The Morgan fingerprint density at radius 1 is 0.615 bits per heavy atom. The van der Waals surface area contributed by atoms with Crippen LogP contribution in [0.15, 0.2) is 78.0 Å². The summed E-state index contributed by atoms with van der Waals surface area (Å²) in [5.74, 6) is -15.5. The molecule has 0 saturated carbocycles. The van der Waals surface area contributed by atoms with Crippen molar-refractivity contribution in [2.45, 2.75) is 195 Å². The van der Waals surface area contributed by atoms with Gasteiger partial charge in [-0.05, 0) is 169 Å². The number of hydrogen-bond acceptors (Lipinski definition) is 24. The summed E-state index contributed by atoms with van der Waals surface area (Å²) in [6.45, 7) is 2.35. The van der Waals surface area contributed by atoms with Crippen molar-refractivity contribution in [2.75, 3.05) is 38.0 Å². The summed E-state index contributed by atoms with van der Waals surface area (Å²) in [6.07, 6.45) is -3.24. The van der Waals surface area contributed by atoms with Crippen molar-refractivity contribution in [3.63, 3.8) is 0 Å². The van der Waals surface area contributed by atoms with Gasteiger partial charge in [0.2, 0.25) is 59.1 Å². The zero-order valence-electron chi connectivity index (χ0n) is 63.6. The number of fused-ring (bicyclic) bond motifs is 6. The summed E-state index contributed by atoms with van der Waals surface area (Å²) in [5.41, 5.74) is 5.61. The van der Waals surface area contributed by atoms with E-state index in [1.54, 1.807) is 30.3 Å². The van der Waals surface area contributed by atoms with E-state index < -0.39 is 212 Å². The standard InChI is InChI=1S/C77H91N13O26S/c1-38(71(108)89-28-6-4-9-55(89)73(110)90-37-44(116-80-36-40-13-23-57(94)46(31-40)74(111)112)35-56(90)69(106)84-51(21-25-62(98)99)66(103)83-50(65(78)102)20-24-61(96)97)81-70(107)64(39(2)91)86-68(105)54-11-8-30-88(54)72(109)52(22-26-63(100)101)85-67(104)53-10-7-29-87(53)60(95)12-3-5-27-79-76(117)82-41-14-17-45-49(32-41)77(115-75(45)113)47-18-15-42(92)33-58(47)114-59-34-43(93)16-19-48(59)77/h13-19,23,31-34,36,38-39,44,50-56,64,91-94H,3-12,20-22,24-30,35,37H2,1-2H3,(H2,78,102)(H,81,107)(H,83,103)(H,84,106)(H,85,104)(H,86,105)(H,96,97)(H,98,99)(H,100,101)(H,111,112)(H2,79,82,117)/b80-36-/t38-,39+,44-,50-,51-,52-,53-,54-,55?,56-,64-/m0/s1. The number of ether oxygens (including phenoxy) is 2. The molecule has 117 heavy (non-hydrogen) atoms. The number of amides is 10. The molecule has 4 saturated heterocycles. The van der Waals surface area contributed by atoms with Crippen LogP contribution in [0.4, 0.5) is 5.69 Å². The Morgan fingerprint density at radius 2 is 1.20 bits per heavy atom. The number of phenols is 3. The number of nitrogens with zero attached hydrogens (tertiary/aromatic N) is 5. The molecule has 4 fully saturated rings. The van der Waals surface area contributed by atoms with Crippen molar-refractivity contribution < 1.29 is 127 Å². The van der Waals surface area contributed by atoms with Crippen LogP contribution in [0.2, 0.25) is 0 Å². The normalized spacial score (nSPS) is 19.8. The predicted octanol–water partition coefficient (Wildman–Crippen LogP) is 0.814. The zero-order valence-corrected chi connectivity index (χ0v) is 64.4. The zero-order chi connectivity index (χ0) is 84.9. The highest BCUT2D eigenvalue weighted by molar-refractivity contribution is 7.80. The summed E-state index contributed by atoms with van der Waals surface area (Å²) in [5, 5.41) is 102. The van der Waals surface area contributed by atoms with Gasteiger partial charge in [0.1, 0.15) is 94.8 Å². The number of anilines is 1. The van der Waals surface area contributed by atoms with Gasteiger partial charge in [-0.1, -0.05) is 5.16 Å². The summed E-state index contributed by atoms with van der Waals surface area (Å²) < 4.78 is 12.2. The Kier molecular flexibility index (Phi) is 28.2. The van der Waals surface area contributed by atoms with Crippen LogP contribution in [0.5, 0.6) is 28.7 Å². The molecule has 0 aromatic heterocycles. The van der Waals surface area contributed by atoms with Crippen LogP contribution in [-0.2, 0) is 77.5 Å². The first-order chi connectivity index (χ1) is 55.6. The number of carboxylic acid groups (broad SMARTS) is 4. The number of primary amides is 1. The number of benzene rings is 4. The van der Waals surface area contributed by atoms with Crippen molar-refractivity contribution in [3.05, 3.63) is 106 Å². The number of unbranched alkanes of at least 4 members (excludes halogenated alkanes) is 1. The third-order valence-corrected chi connectivity index (χ3v) is 21.3. The summed E-state index contributed by atoms with van der Waals surface area (Å²) in [7, 11) is 0. The van der Waals surface area contributed by atoms with E-state index in [0.29, 0.717) is 61.0 Å².